The minimum absolute atomic E-state index is 0. The average molecular weight is 301 g/mol. The molecule has 2 rings (SSSR count). The zero-order chi connectivity index (χ0) is 13.7. The standard InChI is InChI=1S/C14H20N2O3.ClH/c1-19-9-10-4-2-3-5-12(10)14(18)16-7-11-6-15-8-13(11)17;/h2-5,11,13,15,17H,6-9H2,1H3,(H,16,18);1H. The van der Waals surface area contributed by atoms with Gasteiger partial charge in [0.25, 0.3) is 5.91 Å². The highest BCUT2D eigenvalue weighted by molar-refractivity contribution is 5.95. The smallest absolute Gasteiger partial charge is 0.251 e. The van der Waals surface area contributed by atoms with Crippen LogP contribution in [0.2, 0.25) is 0 Å². The first-order chi connectivity index (χ1) is 9.22. The SMILES string of the molecule is COCc1ccccc1C(=O)NCC1CNCC1O.Cl. The number of ether oxygens (including phenoxy) is 1. The Labute approximate surface area is 125 Å². The lowest BCUT2D eigenvalue weighted by Gasteiger charge is -2.15. The van der Waals surface area contributed by atoms with Gasteiger partial charge >= 0.3 is 0 Å². The van der Waals surface area contributed by atoms with Crippen LogP contribution in [0.5, 0.6) is 0 Å². The molecule has 0 radical (unpaired) electrons. The highest BCUT2D eigenvalue weighted by atomic mass is 35.5. The zero-order valence-electron chi connectivity index (χ0n) is 11.5. The fraction of sp³-hybridized carbons (Fsp3) is 0.500. The Bertz CT molecular complexity index is 442. The van der Waals surface area contributed by atoms with Crippen LogP contribution in [0.25, 0.3) is 0 Å². The second kappa shape index (κ2) is 8.21. The molecule has 0 aromatic heterocycles. The lowest BCUT2D eigenvalue weighted by molar-refractivity contribution is 0.0922. The molecule has 1 amide bonds. The summed E-state index contributed by atoms with van der Waals surface area (Å²) in [5, 5.41) is 15.6. The average Bonchev–Trinajstić information content (AvgIpc) is 2.82. The van der Waals surface area contributed by atoms with Gasteiger partial charge in [0.1, 0.15) is 0 Å². The topological polar surface area (TPSA) is 70.6 Å². The number of carbonyl (C=O) groups is 1. The van der Waals surface area contributed by atoms with Crippen molar-refractivity contribution in [1.82, 2.24) is 10.6 Å². The fourth-order valence-corrected chi connectivity index (χ4v) is 2.27. The molecule has 5 nitrogen and oxygen atoms in total. The summed E-state index contributed by atoms with van der Waals surface area (Å²) in [4.78, 5) is 12.1. The van der Waals surface area contributed by atoms with Crippen molar-refractivity contribution in [3.8, 4) is 0 Å². The molecule has 2 atom stereocenters. The number of aliphatic hydroxyl groups is 1. The van der Waals surface area contributed by atoms with Crippen molar-refractivity contribution < 1.29 is 14.6 Å². The monoisotopic (exact) mass is 300 g/mol. The van der Waals surface area contributed by atoms with E-state index in [0.717, 1.165) is 12.1 Å². The van der Waals surface area contributed by atoms with Crippen molar-refractivity contribution >= 4 is 18.3 Å². The first-order valence-electron chi connectivity index (χ1n) is 6.46. The minimum atomic E-state index is -0.380. The predicted octanol–water partition coefficient (Wildman–Crippen LogP) is 0.565. The molecule has 0 saturated carbocycles. The van der Waals surface area contributed by atoms with Gasteiger partial charge in [-0.2, -0.15) is 0 Å². The Morgan fingerprint density at radius 2 is 2.20 bits per heavy atom. The summed E-state index contributed by atoms with van der Waals surface area (Å²) in [6.45, 7) is 2.23. The van der Waals surface area contributed by atoms with Gasteiger partial charge in [0, 0.05) is 38.2 Å². The first-order valence-corrected chi connectivity index (χ1v) is 6.46. The molecule has 112 valence electrons. The third-order valence-electron chi connectivity index (χ3n) is 3.39. The van der Waals surface area contributed by atoms with E-state index >= 15 is 0 Å². The summed E-state index contributed by atoms with van der Waals surface area (Å²) in [6.07, 6.45) is -0.380. The van der Waals surface area contributed by atoms with Crippen molar-refractivity contribution in [3.63, 3.8) is 0 Å². The van der Waals surface area contributed by atoms with Gasteiger partial charge in [-0.05, 0) is 11.6 Å². The third kappa shape index (κ3) is 4.18. The van der Waals surface area contributed by atoms with Gasteiger partial charge in [-0.3, -0.25) is 4.79 Å². The zero-order valence-corrected chi connectivity index (χ0v) is 12.3. The van der Waals surface area contributed by atoms with Gasteiger partial charge in [-0.15, -0.1) is 12.4 Å². The van der Waals surface area contributed by atoms with E-state index in [-0.39, 0.29) is 30.3 Å². The molecule has 0 spiro atoms. The number of hydrogen-bond donors (Lipinski definition) is 3. The molecular formula is C14H21ClN2O3. The van der Waals surface area contributed by atoms with Gasteiger partial charge in [0.2, 0.25) is 0 Å². The normalized spacial score (nSPS) is 21.3. The van der Waals surface area contributed by atoms with E-state index < -0.39 is 0 Å². The number of halogens is 1. The summed E-state index contributed by atoms with van der Waals surface area (Å²) in [7, 11) is 1.61. The van der Waals surface area contributed by atoms with Gasteiger partial charge in [-0.25, -0.2) is 0 Å². The maximum absolute atomic E-state index is 12.1. The lowest BCUT2D eigenvalue weighted by atomic mass is 10.1. The molecule has 1 aliphatic rings. The van der Waals surface area contributed by atoms with Gasteiger partial charge in [0.05, 0.1) is 12.7 Å². The summed E-state index contributed by atoms with van der Waals surface area (Å²) in [6, 6.07) is 7.38. The van der Waals surface area contributed by atoms with Gasteiger partial charge < -0.3 is 20.5 Å². The molecule has 1 aromatic rings. The van der Waals surface area contributed by atoms with Crippen LogP contribution in [0.4, 0.5) is 0 Å². The molecule has 1 aliphatic heterocycles. The molecule has 1 saturated heterocycles. The van der Waals surface area contributed by atoms with Gasteiger partial charge in [0.15, 0.2) is 0 Å². The quantitative estimate of drug-likeness (QED) is 0.743. The van der Waals surface area contributed by atoms with Crippen molar-refractivity contribution in [2.45, 2.75) is 12.7 Å². The predicted molar refractivity (Wildman–Crippen MR) is 79.1 cm³/mol. The fourth-order valence-electron chi connectivity index (χ4n) is 2.27. The van der Waals surface area contributed by atoms with Crippen LogP contribution in [0.3, 0.4) is 0 Å². The van der Waals surface area contributed by atoms with Crippen molar-refractivity contribution in [2.75, 3.05) is 26.7 Å². The van der Waals surface area contributed by atoms with Crippen molar-refractivity contribution in [2.24, 2.45) is 5.92 Å². The van der Waals surface area contributed by atoms with Crippen LogP contribution in [-0.2, 0) is 11.3 Å². The Morgan fingerprint density at radius 3 is 2.85 bits per heavy atom. The molecule has 1 aromatic carbocycles. The Morgan fingerprint density at radius 1 is 1.45 bits per heavy atom. The minimum Gasteiger partial charge on any atom is -0.391 e. The third-order valence-corrected chi connectivity index (χ3v) is 3.39. The molecule has 0 aliphatic carbocycles. The largest absolute Gasteiger partial charge is 0.391 e. The second-order valence-electron chi connectivity index (χ2n) is 4.79. The molecular weight excluding hydrogens is 280 g/mol. The number of nitrogens with one attached hydrogen (secondary N) is 2. The number of benzene rings is 1. The lowest BCUT2D eigenvalue weighted by Crippen LogP contribution is -2.34. The van der Waals surface area contributed by atoms with Crippen LogP contribution < -0.4 is 10.6 Å². The number of methoxy groups -OCH3 is 1. The van der Waals surface area contributed by atoms with E-state index in [1.807, 2.05) is 18.2 Å². The van der Waals surface area contributed by atoms with Crippen LogP contribution in [0.15, 0.2) is 24.3 Å². The Kier molecular flexibility index (Phi) is 6.95. The van der Waals surface area contributed by atoms with Gasteiger partial charge in [-0.1, -0.05) is 18.2 Å². The molecule has 0 bridgehead atoms. The van der Waals surface area contributed by atoms with E-state index in [1.54, 1.807) is 13.2 Å². The molecule has 3 N–H and O–H groups in total. The summed E-state index contributed by atoms with van der Waals surface area (Å²) in [5.41, 5.74) is 1.50. The highest BCUT2D eigenvalue weighted by Gasteiger charge is 2.25. The first kappa shape index (κ1) is 16.9. The molecule has 1 heterocycles. The number of aliphatic hydroxyl groups excluding tert-OH is 1. The molecule has 2 unspecified atom stereocenters. The maximum Gasteiger partial charge on any atom is 0.251 e. The van der Waals surface area contributed by atoms with Crippen LogP contribution in [0, 0.1) is 5.92 Å². The van der Waals surface area contributed by atoms with Crippen LogP contribution >= 0.6 is 12.4 Å². The molecule has 6 heteroatoms. The van der Waals surface area contributed by atoms with E-state index in [0.29, 0.717) is 25.3 Å². The highest BCUT2D eigenvalue weighted by Crippen LogP contribution is 2.11. The number of amides is 1. The number of rotatable bonds is 5. The number of hydrogen-bond acceptors (Lipinski definition) is 4. The summed E-state index contributed by atoms with van der Waals surface area (Å²) in [5.74, 6) is -0.0368. The Balaban J connectivity index is 0.00000200. The summed E-state index contributed by atoms with van der Waals surface area (Å²) >= 11 is 0. The molecule has 1 fully saturated rings. The number of carbonyl (C=O) groups excluding carboxylic acids is 1. The van der Waals surface area contributed by atoms with Crippen molar-refractivity contribution in [3.05, 3.63) is 35.4 Å². The van der Waals surface area contributed by atoms with E-state index in [2.05, 4.69) is 10.6 Å². The van der Waals surface area contributed by atoms with E-state index in [9.17, 15) is 9.90 Å². The van der Waals surface area contributed by atoms with Crippen LogP contribution in [-0.4, -0.2) is 43.9 Å². The van der Waals surface area contributed by atoms with E-state index in [1.165, 1.54) is 0 Å². The van der Waals surface area contributed by atoms with E-state index in [4.69, 9.17) is 4.74 Å². The van der Waals surface area contributed by atoms with Crippen molar-refractivity contribution in [1.29, 1.82) is 0 Å². The van der Waals surface area contributed by atoms with Crippen LogP contribution in [0.1, 0.15) is 15.9 Å². The summed E-state index contributed by atoms with van der Waals surface area (Å²) < 4.78 is 5.08. The second-order valence-corrected chi connectivity index (χ2v) is 4.79. The number of β-amino-alcohol motifs (C(OH)–C–C–N with tert-alkyl or cyclic N) is 1. The molecule has 20 heavy (non-hydrogen) atoms. The Hall–Kier alpha value is -1.14. The maximum atomic E-state index is 12.1.